The maximum absolute atomic E-state index is 6.16. The number of rotatable bonds is 4. The lowest BCUT2D eigenvalue weighted by Crippen LogP contribution is -2.08. The Morgan fingerprint density at radius 3 is 1.48 bits per heavy atom. The first-order chi connectivity index (χ1) is 10.7. The fourth-order valence-corrected chi connectivity index (χ4v) is 3.46. The molecule has 0 bridgehead atoms. The minimum atomic E-state index is 0.459. The van der Waals surface area contributed by atoms with Gasteiger partial charge in [-0.3, -0.25) is 0 Å². The third kappa shape index (κ3) is 3.69. The summed E-state index contributed by atoms with van der Waals surface area (Å²) >= 11 is 0. The Morgan fingerprint density at radius 2 is 1.09 bits per heavy atom. The average molecular weight is 310 g/mol. The summed E-state index contributed by atoms with van der Waals surface area (Å²) in [6.07, 6.45) is 0.944. The normalized spacial score (nSPS) is 11.5. The smallest absolute Gasteiger partial charge is 0.0319 e. The maximum atomic E-state index is 6.16. The van der Waals surface area contributed by atoms with E-state index in [0.717, 1.165) is 17.8 Å². The Morgan fingerprint density at radius 1 is 0.696 bits per heavy atom. The molecule has 2 heteroatoms. The van der Waals surface area contributed by atoms with Gasteiger partial charge < -0.3 is 11.5 Å². The summed E-state index contributed by atoms with van der Waals surface area (Å²) in [5, 5.41) is 0. The second kappa shape index (κ2) is 6.66. The minimum Gasteiger partial charge on any atom is -0.399 e. The summed E-state index contributed by atoms with van der Waals surface area (Å²) in [7, 11) is 0. The van der Waals surface area contributed by atoms with Crippen LogP contribution in [0.2, 0.25) is 0 Å². The Labute approximate surface area is 140 Å². The van der Waals surface area contributed by atoms with Crippen LogP contribution in [0.1, 0.15) is 72.9 Å². The molecule has 0 atom stereocenters. The van der Waals surface area contributed by atoms with Crippen LogP contribution in [0.5, 0.6) is 0 Å². The number of hydrogen-bond donors (Lipinski definition) is 2. The molecule has 4 N–H and O–H groups in total. The van der Waals surface area contributed by atoms with Crippen molar-refractivity contribution in [1.29, 1.82) is 0 Å². The Balaban J connectivity index is 2.63. The molecule has 0 saturated carbocycles. The van der Waals surface area contributed by atoms with Gasteiger partial charge in [0.1, 0.15) is 0 Å². The Bertz CT molecular complexity index is 660. The monoisotopic (exact) mass is 310 g/mol. The van der Waals surface area contributed by atoms with E-state index >= 15 is 0 Å². The van der Waals surface area contributed by atoms with Crippen molar-refractivity contribution in [3.63, 3.8) is 0 Å². The van der Waals surface area contributed by atoms with E-state index in [9.17, 15) is 0 Å². The van der Waals surface area contributed by atoms with Crippen molar-refractivity contribution in [2.24, 2.45) is 0 Å². The second-order valence-electron chi connectivity index (χ2n) is 7.30. The van der Waals surface area contributed by atoms with Crippen molar-refractivity contribution in [2.45, 2.75) is 59.8 Å². The highest BCUT2D eigenvalue weighted by Crippen LogP contribution is 2.33. The zero-order valence-electron chi connectivity index (χ0n) is 15.3. The number of nitrogens with two attached hydrogens (primary N) is 2. The average Bonchev–Trinajstić information content (AvgIpc) is 2.42. The summed E-state index contributed by atoms with van der Waals surface area (Å²) in [5.74, 6) is 0.917. The van der Waals surface area contributed by atoms with Gasteiger partial charge in [0.05, 0.1) is 0 Å². The fraction of sp³-hybridized carbons (Fsp3) is 0.429. The molecule has 2 rings (SSSR count). The van der Waals surface area contributed by atoms with Gasteiger partial charge in [-0.1, -0.05) is 27.7 Å². The SMILES string of the molecule is Cc1cc(N)cc(C)c1Cc1c(C(C)C)cc(N)cc1C(C)C. The summed E-state index contributed by atoms with van der Waals surface area (Å²) in [4.78, 5) is 0. The van der Waals surface area contributed by atoms with Gasteiger partial charge in [-0.2, -0.15) is 0 Å². The van der Waals surface area contributed by atoms with Crippen molar-refractivity contribution in [1.82, 2.24) is 0 Å². The molecule has 0 unspecified atom stereocenters. The van der Waals surface area contributed by atoms with Gasteiger partial charge in [0.25, 0.3) is 0 Å². The predicted molar refractivity (Wildman–Crippen MR) is 102 cm³/mol. The van der Waals surface area contributed by atoms with Gasteiger partial charge >= 0.3 is 0 Å². The highest BCUT2D eigenvalue weighted by atomic mass is 14.6. The second-order valence-corrected chi connectivity index (χ2v) is 7.30. The molecule has 0 aliphatic heterocycles. The molecule has 23 heavy (non-hydrogen) atoms. The zero-order chi connectivity index (χ0) is 17.3. The molecule has 0 amide bonds. The van der Waals surface area contributed by atoms with E-state index in [1.54, 1.807) is 0 Å². The number of benzene rings is 2. The molecular weight excluding hydrogens is 280 g/mol. The Hall–Kier alpha value is -1.96. The largest absolute Gasteiger partial charge is 0.399 e. The molecule has 0 spiro atoms. The van der Waals surface area contributed by atoms with Crippen LogP contribution in [0.4, 0.5) is 11.4 Å². The first-order valence-corrected chi connectivity index (χ1v) is 8.48. The van der Waals surface area contributed by atoms with E-state index in [0.29, 0.717) is 11.8 Å². The highest BCUT2D eigenvalue weighted by Gasteiger charge is 2.17. The van der Waals surface area contributed by atoms with Crippen LogP contribution >= 0.6 is 0 Å². The molecule has 0 fully saturated rings. The highest BCUT2D eigenvalue weighted by molar-refractivity contribution is 5.56. The maximum Gasteiger partial charge on any atom is 0.0319 e. The molecule has 2 aromatic carbocycles. The van der Waals surface area contributed by atoms with Crippen molar-refractivity contribution in [2.75, 3.05) is 11.5 Å². The van der Waals surface area contributed by atoms with Gasteiger partial charge in [-0.15, -0.1) is 0 Å². The third-order valence-electron chi connectivity index (χ3n) is 4.66. The van der Waals surface area contributed by atoms with E-state index < -0.39 is 0 Å². The number of nitrogen functional groups attached to an aromatic ring is 2. The molecule has 0 aliphatic rings. The summed E-state index contributed by atoms with van der Waals surface area (Å²) in [5.41, 5.74) is 21.9. The van der Waals surface area contributed by atoms with Gasteiger partial charge in [0.2, 0.25) is 0 Å². The van der Waals surface area contributed by atoms with Crippen LogP contribution < -0.4 is 11.5 Å². The van der Waals surface area contributed by atoms with Crippen LogP contribution in [0.15, 0.2) is 24.3 Å². The molecule has 0 aromatic heterocycles. The van der Waals surface area contributed by atoms with Crippen molar-refractivity contribution in [3.05, 3.63) is 57.6 Å². The van der Waals surface area contributed by atoms with Crippen molar-refractivity contribution in [3.8, 4) is 0 Å². The number of hydrogen-bond acceptors (Lipinski definition) is 2. The summed E-state index contributed by atoms with van der Waals surface area (Å²) in [6.45, 7) is 13.3. The first kappa shape index (κ1) is 17.4. The molecule has 2 aromatic rings. The standard InChI is InChI=1S/C21H30N2/c1-12(2)18-9-17(23)10-19(13(3)4)21(18)11-20-14(5)7-16(22)8-15(20)6/h7-10,12-13H,11,22-23H2,1-6H3. The van der Waals surface area contributed by atoms with E-state index in [1.807, 2.05) is 0 Å². The van der Waals surface area contributed by atoms with Crippen LogP contribution in [0.3, 0.4) is 0 Å². The van der Waals surface area contributed by atoms with Gasteiger partial charge in [-0.25, -0.2) is 0 Å². The number of aryl methyl sites for hydroxylation is 2. The van der Waals surface area contributed by atoms with Crippen molar-refractivity contribution >= 4 is 11.4 Å². The van der Waals surface area contributed by atoms with E-state index in [2.05, 4.69) is 65.8 Å². The molecular formula is C21H30N2. The van der Waals surface area contributed by atoms with Crippen LogP contribution in [-0.2, 0) is 6.42 Å². The third-order valence-corrected chi connectivity index (χ3v) is 4.66. The van der Waals surface area contributed by atoms with Crippen LogP contribution in [0, 0.1) is 13.8 Å². The van der Waals surface area contributed by atoms with Gasteiger partial charge in [0, 0.05) is 11.4 Å². The van der Waals surface area contributed by atoms with Gasteiger partial charge in [0.15, 0.2) is 0 Å². The molecule has 0 heterocycles. The minimum absolute atomic E-state index is 0.459. The first-order valence-electron chi connectivity index (χ1n) is 8.48. The zero-order valence-corrected chi connectivity index (χ0v) is 15.3. The fourth-order valence-electron chi connectivity index (χ4n) is 3.46. The van der Waals surface area contributed by atoms with E-state index in [-0.39, 0.29) is 0 Å². The summed E-state index contributed by atoms with van der Waals surface area (Å²) < 4.78 is 0. The molecule has 2 nitrogen and oxygen atoms in total. The van der Waals surface area contributed by atoms with Gasteiger partial charge in [-0.05, 0) is 89.8 Å². The van der Waals surface area contributed by atoms with Crippen LogP contribution in [-0.4, -0.2) is 0 Å². The lowest BCUT2D eigenvalue weighted by atomic mass is 9.83. The van der Waals surface area contributed by atoms with E-state index in [4.69, 9.17) is 11.5 Å². The Kier molecular flexibility index (Phi) is 5.03. The number of anilines is 2. The summed E-state index contributed by atoms with van der Waals surface area (Å²) in [6, 6.07) is 8.44. The lowest BCUT2D eigenvalue weighted by molar-refractivity contribution is 0.805. The molecule has 0 radical (unpaired) electrons. The van der Waals surface area contributed by atoms with E-state index in [1.165, 1.54) is 33.4 Å². The quantitative estimate of drug-likeness (QED) is 0.752. The van der Waals surface area contributed by atoms with Crippen molar-refractivity contribution < 1.29 is 0 Å². The predicted octanol–water partition coefficient (Wildman–Crippen LogP) is 5.31. The lowest BCUT2D eigenvalue weighted by Gasteiger charge is -2.22. The molecule has 0 aliphatic carbocycles. The van der Waals surface area contributed by atoms with Crippen LogP contribution in [0.25, 0.3) is 0 Å². The molecule has 0 saturated heterocycles. The topological polar surface area (TPSA) is 52.0 Å². The molecule has 124 valence electrons.